The highest BCUT2D eigenvalue weighted by Crippen LogP contribution is 2.29. The molecule has 0 heterocycles. The summed E-state index contributed by atoms with van der Waals surface area (Å²) in [5.74, 6) is -0.598. The number of Topliss-reactive ketones (excluding diaryl/α,β-unsaturated/α-hetero) is 3. The van der Waals surface area contributed by atoms with E-state index in [0.717, 1.165) is 25.7 Å². The van der Waals surface area contributed by atoms with Gasteiger partial charge in [-0.1, -0.05) is 12.1 Å². The Morgan fingerprint density at radius 3 is 2.54 bits per heavy atom. The Morgan fingerprint density at radius 2 is 1.85 bits per heavy atom. The van der Waals surface area contributed by atoms with Gasteiger partial charge in [0.05, 0.1) is 0 Å². The highest BCUT2D eigenvalue weighted by Gasteiger charge is 2.29. The van der Waals surface area contributed by atoms with Crippen molar-refractivity contribution in [1.82, 2.24) is 5.32 Å². The fourth-order valence-corrected chi connectivity index (χ4v) is 3.84. The number of carbonyl (C=O) groups is 4. The van der Waals surface area contributed by atoms with Crippen molar-refractivity contribution in [1.29, 1.82) is 0 Å². The lowest BCUT2D eigenvalue weighted by Gasteiger charge is -2.28. The number of amides is 1. The van der Waals surface area contributed by atoms with Gasteiger partial charge in [0.1, 0.15) is 0 Å². The zero-order chi connectivity index (χ0) is 18.7. The molecule has 1 aromatic rings. The topological polar surface area (TPSA) is 106 Å². The molecular formula is C20H24N2O4. The van der Waals surface area contributed by atoms with E-state index in [1.165, 1.54) is 0 Å². The first-order chi connectivity index (χ1) is 12.5. The van der Waals surface area contributed by atoms with E-state index in [2.05, 4.69) is 5.32 Å². The fourth-order valence-electron chi connectivity index (χ4n) is 3.84. The van der Waals surface area contributed by atoms with Crippen molar-refractivity contribution < 1.29 is 19.2 Å². The van der Waals surface area contributed by atoms with Gasteiger partial charge in [-0.3, -0.25) is 19.2 Å². The molecule has 1 fully saturated rings. The Kier molecular flexibility index (Phi) is 5.61. The lowest BCUT2D eigenvalue weighted by atomic mass is 9.82. The van der Waals surface area contributed by atoms with Crippen LogP contribution >= 0.6 is 0 Å². The first kappa shape index (κ1) is 18.5. The Hall–Kier alpha value is -2.34. The van der Waals surface area contributed by atoms with Gasteiger partial charge >= 0.3 is 0 Å². The number of carbonyl (C=O) groups excluding carboxylic acids is 4. The molecular weight excluding hydrogens is 332 g/mol. The predicted molar refractivity (Wildman–Crippen MR) is 96.0 cm³/mol. The molecule has 1 aromatic carbocycles. The molecule has 26 heavy (non-hydrogen) atoms. The van der Waals surface area contributed by atoms with Gasteiger partial charge in [-0.05, 0) is 43.2 Å². The number of fused-ring (bicyclic) bond motifs is 1. The molecule has 2 aliphatic carbocycles. The first-order valence-electron chi connectivity index (χ1n) is 9.21. The largest absolute Gasteiger partial charge is 0.353 e. The van der Waals surface area contributed by atoms with E-state index in [0.29, 0.717) is 36.1 Å². The van der Waals surface area contributed by atoms with Crippen LogP contribution in [0.4, 0.5) is 0 Å². The highest BCUT2D eigenvalue weighted by atomic mass is 16.2. The molecule has 3 N–H and O–H groups in total. The number of nitrogens with one attached hydrogen (secondary N) is 1. The summed E-state index contributed by atoms with van der Waals surface area (Å²) in [4.78, 5) is 47.5. The van der Waals surface area contributed by atoms with Crippen molar-refractivity contribution in [2.24, 2.45) is 11.7 Å². The van der Waals surface area contributed by atoms with Crippen molar-refractivity contribution in [2.45, 2.75) is 51.0 Å². The second-order valence-electron chi connectivity index (χ2n) is 7.25. The van der Waals surface area contributed by atoms with E-state index in [1.54, 1.807) is 18.2 Å². The molecule has 0 radical (unpaired) electrons. The molecule has 0 bridgehead atoms. The standard InChI is InChI=1S/C20H24N2O4/c21-8-7-19(25)22-15-5-1-12(2-6-15)9-17(23)14-4-3-13-11-18(24)20(26)16(13)10-14/h3-4,10,12,15H,1-2,5-9,11,21H2,(H,22,25). The van der Waals surface area contributed by atoms with E-state index in [4.69, 9.17) is 5.73 Å². The van der Waals surface area contributed by atoms with Crippen molar-refractivity contribution >= 4 is 23.3 Å². The minimum atomic E-state index is -0.483. The first-order valence-corrected chi connectivity index (χ1v) is 9.21. The maximum absolute atomic E-state index is 12.6. The van der Waals surface area contributed by atoms with E-state index in [-0.39, 0.29) is 30.1 Å². The Labute approximate surface area is 152 Å². The average molecular weight is 356 g/mol. The van der Waals surface area contributed by atoms with Crippen LogP contribution in [0.3, 0.4) is 0 Å². The smallest absolute Gasteiger partial charge is 0.229 e. The summed E-state index contributed by atoms with van der Waals surface area (Å²) < 4.78 is 0. The van der Waals surface area contributed by atoms with Crippen LogP contribution in [0.5, 0.6) is 0 Å². The van der Waals surface area contributed by atoms with E-state index in [9.17, 15) is 19.2 Å². The minimum Gasteiger partial charge on any atom is -0.353 e. The molecule has 0 saturated heterocycles. The van der Waals surface area contributed by atoms with Crippen LogP contribution in [0.25, 0.3) is 0 Å². The molecule has 138 valence electrons. The molecule has 1 saturated carbocycles. The van der Waals surface area contributed by atoms with Gasteiger partial charge < -0.3 is 11.1 Å². The summed E-state index contributed by atoms with van der Waals surface area (Å²) >= 11 is 0. The van der Waals surface area contributed by atoms with E-state index in [1.807, 2.05) is 0 Å². The molecule has 0 aliphatic heterocycles. The molecule has 1 amide bonds. The SMILES string of the molecule is NCCC(=O)NC1CCC(CC(=O)c2ccc3c(c2)C(=O)C(=O)C3)CC1. The number of nitrogens with two attached hydrogens (primary N) is 1. The normalized spacial score (nSPS) is 22.2. The second kappa shape index (κ2) is 7.91. The summed E-state index contributed by atoms with van der Waals surface area (Å²) in [5, 5.41) is 2.99. The van der Waals surface area contributed by atoms with Gasteiger partial charge in [-0.15, -0.1) is 0 Å². The summed E-state index contributed by atoms with van der Waals surface area (Å²) in [6, 6.07) is 5.17. The molecule has 0 atom stereocenters. The summed E-state index contributed by atoms with van der Waals surface area (Å²) in [6.07, 6.45) is 4.44. The van der Waals surface area contributed by atoms with Crippen LogP contribution < -0.4 is 11.1 Å². The number of ketones is 3. The van der Waals surface area contributed by atoms with Crippen LogP contribution in [0.2, 0.25) is 0 Å². The number of rotatable bonds is 6. The second-order valence-corrected chi connectivity index (χ2v) is 7.25. The average Bonchev–Trinajstić information content (AvgIpc) is 2.91. The third-order valence-electron chi connectivity index (χ3n) is 5.34. The Balaban J connectivity index is 1.53. The maximum atomic E-state index is 12.6. The van der Waals surface area contributed by atoms with Crippen molar-refractivity contribution in [3.8, 4) is 0 Å². The van der Waals surface area contributed by atoms with Gasteiger partial charge in [-0.2, -0.15) is 0 Å². The number of hydrogen-bond donors (Lipinski definition) is 2. The summed E-state index contributed by atoms with van der Waals surface area (Å²) in [5.41, 5.74) is 6.98. The zero-order valence-corrected chi connectivity index (χ0v) is 14.8. The molecule has 0 unspecified atom stereocenters. The van der Waals surface area contributed by atoms with Gasteiger partial charge in [0.25, 0.3) is 0 Å². The molecule has 0 aromatic heterocycles. The van der Waals surface area contributed by atoms with E-state index < -0.39 is 11.6 Å². The van der Waals surface area contributed by atoms with Crippen molar-refractivity contribution in [2.75, 3.05) is 6.54 Å². The number of hydrogen-bond acceptors (Lipinski definition) is 5. The lowest BCUT2D eigenvalue weighted by molar-refractivity contribution is -0.121. The van der Waals surface area contributed by atoms with Gasteiger partial charge in [0.2, 0.25) is 17.5 Å². The molecule has 6 heteroatoms. The van der Waals surface area contributed by atoms with Crippen LogP contribution in [-0.2, 0) is 16.0 Å². The van der Waals surface area contributed by atoms with Gasteiger partial charge in [0.15, 0.2) is 5.78 Å². The molecule has 0 spiro atoms. The predicted octanol–water partition coefficient (Wildman–Crippen LogP) is 1.59. The minimum absolute atomic E-state index is 0.00978. The van der Waals surface area contributed by atoms with Gasteiger partial charge in [0, 0.05) is 43.0 Å². The van der Waals surface area contributed by atoms with Crippen molar-refractivity contribution in [3.63, 3.8) is 0 Å². The Bertz CT molecular complexity index is 748. The summed E-state index contributed by atoms with van der Waals surface area (Å²) in [6.45, 7) is 0.352. The van der Waals surface area contributed by atoms with Crippen LogP contribution in [-0.4, -0.2) is 35.8 Å². The molecule has 3 rings (SSSR count). The number of benzene rings is 1. The van der Waals surface area contributed by atoms with Gasteiger partial charge in [-0.25, -0.2) is 0 Å². The summed E-state index contributed by atoms with van der Waals surface area (Å²) in [7, 11) is 0. The lowest BCUT2D eigenvalue weighted by Crippen LogP contribution is -2.38. The molecule has 6 nitrogen and oxygen atoms in total. The quantitative estimate of drug-likeness (QED) is 0.595. The third-order valence-corrected chi connectivity index (χ3v) is 5.34. The van der Waals surface area contributed by atoms with Crippen LogP contribution in [0.15, 0.2) is 18.2 Å². The highest BCUT2D eigenvalue weighted by molar-refractivity contribution is 6.47. The van der Waals surface area contributed by atoms with Crippen LogP contribution in [0.1, 0.15) is 64.8 Å². The van der Waals surface area contributed by atoms with Crippen LogP contribution in [0, 0.1) is 5.92 Å². The molecule has 2 aliphatic rings. The third kappa shape index (κ3) is 4.07. The maximum Gasteiger partial charge on any atom is 0.229 e. The fraction of sp³-hybridized carbons (Fsp3) is 0.500. The monoisotopic (exact) mass is 356 g/mol. The zero-order valence-electron chi connectivity index (χ0n) is 14.8. The van der Waals surface area contributed by atoms with E-state index >= 15 is 0 Å². The Morgan fingerprint density at radius 1 is 1.12 bits per heavy atom. The van der Waals surface area contributed by atoms with Crippen molar-refractivity contribution in [3.05, 3.63) is 34.9 Å².